The minimum absolute atomic E-state index is 0.00340. The molecule has 0 heterocycles. The van der Waals surface area contributed by atoms with Crippen LogP contribution in [0.1, 0.15) is 46.8 Å². The molecule has 0 fully saturated rings. The Morgan fingerprint density at radius 2 is 2.00 bits per heavy atom. The fourth-order valence-electron chi connectivity index (χ4n) is 2.73. The van der Waals surface area contributed by atoms with Crippen molar-refractivity contribution in [2.45, 2.75) is 37.3 Å². The maximum atomic E-state index is 13.1. The Hall–Kier alpha value is -2.46. The summed E-state index contributed by atoms with van der Waals surface area (Å²) in [5, 5.41) is 11.4. The number of halogens is 3. The first-order valence-corrected chi connectivity index (χ1v) is 9.62. The number of hydrogen-bond acceptors (Lipinski definition) is 3. The van der Waals surface area contributed by atoms with Crippen LogP contribution in [0.25, 0.3) is 0 Å². The number of nitriles is 1. The van der Waals surface area contributed by atoms with Crippen LogP contribution in [0.2, 0.25) is 0 Å². The number of amides is 1. The van der Waals surface area contributed by atoms with Crippen molar-refractivity contribution in [1.29, 1.82) is 5.26 Å². The van der Waals surface area contributed by atoms with Gasteiger partial charge in [0, 0.05) is 10.6 Å². The number of nitrogens with one attached hydrogen (secondary N) is 1. The number of anilines is 1. The molecule has 1 amide bonds. The lowest BCUT2D eigenvalue weighted by molar-refractivity contribution is -0.137. The van der Waals surface area contributed by atoms with Crippen molar-refractivity contribution in [3.05, 3.63) is 58.7 Å². The van der Waals surface area contributed by atoms with E-state index in [4.69, 9.17) is 5.26 Å². The van der Waals surface area contributed by atoms with E-state index in [1.165, 1.54) is 23.9 Å². The summed E-state index contributed by atoms with van der Waals surface area (Å²) in [6, 6.07) is 10.2. The Labute approximate surface area is 160 Å². The van der Waals surface area contributed by atoms with Gasteiger partial charge in [-0.15, -0.1) is 11.8 Å². The number of carbonyl (C=O) groups is 1. The van der Waals surface area contributed by atoms with Gasteiger partial charge in [-0.1, -0.05) is 25.5 Å². The molecule has 0 aliphatic rings. The normalized spacial score (nSPS) is 11.1. The third-order valence-electron chi connectivity index (χ3n) is 4.06. The Bertz CT molecular complexity index is 873. The van der Waals surface area contributed by atoms with Gasteiger partial charge in [-0.25, -0.2) is 0 Å². The Balaban J connectivity index is 2.39. The lowest BCUT2D eigenvalue weighted by Crippen LogP contribution is -2.17. The number of hydrogen-bond donors (Lipinski definition) is 1. The second kappa shape index (κ2) is 8.96. The molecule has 2 aromatic carbocycles. The number of unbranched alkanes of at least 4 members (excludes halogenated alkanes) is 1. The van der Waals surface area contributed by atoms with Crippen LogP contribution < -0.4 is 5.32 Å². The highest BCUT2D eigenvalue weighted by molar-refractivity contribution is 7.98. The van der Waals surface area contributed by atoms with Gasteiger partial charge in [-0.05, 0) is 48.9 Å². The van der Waals surface area contributed by atoms with Crippen molar-refractivity contribution in [1.82, 2.24) is 0 Å². The first-order valence-electron chi connectivity index (χ1n) is 8.40. The van der Waals surface area contributed by atoms with Gasteiger partial charge in [0.1, 0.15) is 0 Å². The standard InChI is InChI=1S/C20H19F3N2OS/c1-3-4-6-13-7-5-8-17(27-2)18(13)19(26)25-15-10-9-14(12-24)16(11-15)20(21,22)23/h5,7-11H,3-4,6H2,1-2H3,(H,25,26). The zero-order valence-corrected chi connectivity index (χ0v) is 15.8. The van der Waals surface area contributed by atoms with Gasteiger partial charge in [0.05, 0.1) is 22.8 Å². The summed E-state index contributed by atoms with van der Waals surface area (Å²) in [6.45, 7) is 2.05. The van der Waals surface area contributed by atoms with Crippen LogP contribution in [0.3, 0.4) is 0 Å². The second-order valence-corrected chi connectivity index (χ2v) is 6.77. The molecule has 0 atom stereocenters. The van der Waals surface area contributed by atoms with Crippen LogP contribution in [0.15, 0.2) is 41.3 Å². The lowest BCUT2D eigenvalue weighted by atomic mass is 10.0. The quantitative estimate of drug-likeness (QED) is 0.623. The maximum absolute atomic E-state index is 13.1. The molecule has 0 spiro atoms. The molecule has 0 unspecified atom stereocenters. The van der Waals surface area contributed by atoms with Gasteiger partial charge in [-0.3, -0.25) is 4.79 Å². The van der Waals surface area contributed by atoms with E-state index in [2.05, 4.69) is 5.32 Å². The molecule has 1 N–H and O–H groups in total. The fourth-order valence-corrected chi connectivity index (χ4v) is 3.37. The molecule has 0 saturated heterocycles. The molecule has 3 nitrogen and oxygen atoms in total. The van der Waals surface area contributed by atoms with Crippen molar-refractivity contribution < 1.29 is 18.0 Å². The zero-order chi connectivity index (χ0) is 20.0. The summed E-state index contributed by atoms with van der Waals surface area (Å²) >= 11 is 1.41. The van der Waals surface area contributed by atoms with Crippen LogP contribution in [-0.4, -0.2) is 12.2 Å². The predicted octanol–water partition coefficient (Wildman–Crippen LogP) is 5.89. The molecule has 2 aromatic rings. The van der Waals surface area contributed by atoms with Gasteiger partial charge in [-0.2, -0.15) is 18.4 Å². The number of benzene rings is 2. The van der Waals surface area contributed by atoms with Gasteiger partial charge < -0.3 is 5.32 Å². The van der Waals surface area contributed by atoms with Crippen molar-refractivity contribution in [3.8, 4) is 6.07 Å². The minimum Gasteiger partial charge on any atom is -0.322 e. The number of alkyl halides is 3. The zero-order valence-electron chi connectivity index (χ0n) is 15.0. The molecule has 0 radical (unpaired) electrons. The number of thioether (sulfide) groups is 1. The van der Waals surface area contributed by atoms with E-state index in [1.54, 1.807) is 0 Å². The SMILES string of the molecule is CCCCc1cccc(SC)c1C(=O)Nc1ccc(C#N)c(C(F)(F)F)c1. The lowest BCUT2D eigenvalue weighted by Gasteiger charge is -2.15. The molecular formula is C20H19F3N2OS. The summed E-state index contributed by atoms with van der Waals surface area (Å²) in [5.74, 6) is -0.455. The van der Waals surface area contributed by atoms with E-state index in [0.717, 1.165) is 41.9 Å². The topological polar surface area (TPSA) is 52.9 Å². The molecule has 0 aliphatic heterocycles. The Kier molecular flexibility index (Phi) is 6.92. The molecule has 0 aliphatic carbocycles. The summed E-state index contributed by atoms with van der Waals surface area (Å²) in [6.07, 6.45) is -0.231. The van der Waals surface area contributed by atoms with E-state index >= 15 is 0 Å². The molecule has 7 heteroatoms. The van der Waals surface area contributed by atoms with Gasteiger partial charge in [0.25, 0.3) is 5.91 Å². The number of carbonyl (C=O) groups excluding carboxylic acids is 1. The van der Waals surface area contributed by atoms with E-state index in [0.29, 0.717) is 5.56 Å². The second-order valence-electron chi connectivity index (χ2n) is 5.92. The molecule has 2 rings (SSSR count). The monoisotopic (exact) mass is 392 g/mol. The summed E-state index contributed by atoms with van der Waals surface area (Å²) < 4.78 is 39.4. The van der Waals surface area contributed by atoms with Crippen LogP contribution in [0.4, 0.5) is 18.9 Å². The van der Waals surface area contributed by atoms with Crippen molar-refractivity contribution in [2.24, 2.45) is 0 Å². The van der Waals surface area contributed by atoms with E-state index in [9.17, 15) is 18.0 Å². The third-order valence-corrected chi connectivity index (χ3v) is 4.84. The average Bonchev–Trinajstić information content (AvgIpc) is 2.65. The smallest absolute Gasteiger partial charge is 0.322 e. The Morgan fingerprint density at radius 3 is 2.59 bits per heavy atom. The fraction of sp³-hybridized carbons (Fsp3) is 0.300. The van der Waals surface area contributed by atoms with Crippen LogP contribution in [0, 0.1) is 11.3 Å². The van der Waals surface area contributed by atoms with Crippen molar-refractivity contribution in [2.75, 3.05) is 11.6 Å². The van der Waals surface area contributed by atoms with Crippen LogP contribution >= 0.6 is 11.8 Å². The van der Waals surface area contributed by atoms with E-state index < -0.39 is 23.2 Å². The molecular weight excluding hydrogens is 373 g/mol. The first kappa shape index (κ1) is 20.8. The van der Waals surface area contributed by atoms with Crippen LogP contribution in [0.5, 0.6) is 0 Å². The summed E-state index contributed by atoms with van der Waals surface area (Å²) in [7, 11) is 0. The van der Waals surface area contributed by atoms with Gasteiger partial charge in [0.15, 0.2) is 0 Å². The largest absolute Gasteiger partial charge is 0.417 e. The van der Waals surface area contributed by atoms with Crippen LogP contribution in [-0.2, 0) is 12.6 Å². The predicted molar refractivity (Wildman–Crippen MR) is 101 cm³/mol. The maximum Gasteiger partial charge on any atom is 0.417 e. The average molecular weight is 392 g/mol. The summed E-state index contributed by atoms with van der Waals surface area (Å²) in [5.41, 5.74) is -0.188. The van der Waals surface area contributed by atoms with E-state index in [-0.39, 0.29) is 5.69 Å². The number of nitrogens with zero attached hydrogens (tertiary/aromatic N) is 1. The highest BCUT2D eigenvalue weighted by Crippen LogP contribution is 2.34. The van der Waals surface area contributed by atoms with Crippen molar-refractivity contribution >= 4 is 23.4 Å². The molecule has 27 heavy (non-hydrogen) atoms. The third kappa shape index (κ3) is 5.04. The first-order chi connectivity index (χ1) is 12.8. The number of rotatable bonds is 6. The molecule has 142 valence electrons. The summed E-state index contributed by atoms with van der Waals surface area (Å²) in [4.78, 5) is 13.6. The van der Waals surface area contributed by atoms with Crippen molar-refractivity contribution in [3.63, 3.8) is 0 Å². The number of aryl methyl sites for hydroxylation is 1. The highest BCUT2D eigenvalue weighted by atomic mass is 32.2. The van der Waals surface area contributed by atoms with Gasteiger partial charge >= 0.3 is 6.18 Å². The molecule has 0 saturated carbocycles. The molecule has 0 bridgehead atoms. The minimum atomic E-state index is -4.67. The van der Waals surface area contributed by atoms with Gasteiger partial charge in [0.2, 0.25) is 0 Å². The molecule has 0 aromatic heterocycles. The van der Waals surface area contributed by atoms with E-state index in [1.807, 2.05) is 31.4 Å². The Morgan fingerprint density at radius 1 is 1.26 bits per heavy atom. The highest BCUT2D eigenvalue weighted by Gasteiger charge is 2.34.